The van der Waals surface area contributed by atoms with Crippen LogP contribution in [0.5, 0.6) is 0 Å². The minimum absolute atomic E-state index is 0.446. The van der Waals surface area contributed by atoms with E-state index in [9.17, 15) is 33.4 Å². The maximum Gasteiger partial charge on any atom is 0.490 e. The molecule has 7 N–H and O–H groups in total. The molecule has 3 unspecified atom stereocenters. The van der Waals surface area contributed by atoms with Crippen molar-refractivity contribution in [3.05, 3.63) is 16.8 Å². The number of nitrogens with two attached hydrogens (primary N) is 1. The van der Waals surface area contributed by atoms with Crippen LogP contribution in [0.4, 0.5) is 10.3 Å². The van der Waals surface area contributed by atoms with Crippen molar-refractivity contribution in [2.45, 2.75) is 44.1 Å². The fourth-order valence-corrected chi connectivity index (χ4v) is 5.96. The second-order valence-corrected chi connectivity index (χ2v) is 10.7. The van der Waals surface area contributed by atoms with E-state index in [4.69, 9.17) is 20.3 Å². The summed E-state index contributed by atoms with van der Waals surface area (Å²) in [6.07, 6.45) is -7.14. The zero-order chi connectivity index (χ0) is 25.4. The molecule has 0 aromatic carbocycles. The summed E-state index contributed by atoms with van der Waals surface area (Å²) in [4.78, 5) is 54.8. The molecule has 0 bridgehead atoms. The summed E-state index contributed by atoms with van der Waals surface area (Å²) in [7, 11) is -17.1. The number of phosphoric ester groups is 1. The second-order valence-electron chi connectivity index (χ2n) is 6.35. The molecule has 1 fully saturated rings. The summed E-state index contributed by atoms with van der Waals surface area (Å²) in [5, 5.41) is 10.5. The number of aromatic nitrogens is 3. The highest BCUT2D eigenvalue weighted by atomic mass is 31.3. The first-order valence-corrected chi connectivity index (χ1v) is 12.9. The maximum absolute atomic E-state index is 15.6. The lowest BCUT2D eigenvalue weighted by Gasteiger charge is -2.25. The van der Waals surface area contributed by atoms with Crippen molar-refractivity contribution in [1.29, 1.82) is 0 Å². The van der Waals surface area contributed by atoms with Crippen molar-refractivity contribution in [3.63, 3.8) is 0 Å². The first kappa shape index (κ1) is 27.7. The van der Waals surface area contributed by atoms with Gasteiger partial charge in [-0.3, -0.25) is 9.09 Å². The average Bonchev–Trinajstić information content (AvgIpc) is 2.83. The summed E-state index contributed by atoms with van der Waals surface area (Å²) in [5.41, 5.74) is 1.13. The number of alkyl halides is 1. The largest absolute Gasteiger partial charge is 0.490 e. The van der Waals surface area contributed by atoms with Crippen molar-refractivity contribution >= 4 is 29.4 Å². The summed E-state index contributed by atoms with van der Waals surface area (Å²) >= 11 is 0. The number of hydrogen-bond acceptors (Lipinski definition) is 12. The molecule has 0 aliphatic carbocycles. The van der Waals surface area contributed by atoms with Gasteiger partial charge in [-0.1, -0.05) is 5.92 Å². The number of phosphoric acid groups is 3. The summed E-state index contributed by atoms with van der Waals surface area (Å²) in [6.45, 7) is 2.15. The lowest BCUT2D eigenvalue weighted by atomic mass is 9.94. The molecule has 33 heavy (non-hydrogen) atoms. The van der Waals surface area contributed by atoms with Crippen LogP contribution in [0.3, 0.4) is 0 Å². The Morgan fingerprint density at radius 2 is 1.88 bits per heavy atom. The van der Waals surface area contributed by atoms with Crippen LogP contribution < -0.4 is 11.4 Å². The minimum Gasteiger partial charge on any atom is -0.386 e. The Morgan fingerprint density at radius 3 is 2.39 bits per heavy atom. The third kappa shape index (κ3) is 6.74. The predicted molar refractivity (Wildman–Crippen MR) is 102 cm³/mol. The van der Waals surface area contributed by atoms with Crippen molar-refractivity contribution in [3.8, 4) is 11.8 Å². The summed E-state index contributed by atoms with van der Waals surface area (Å²) in [6, 6.07) is 0. The molecular weight excluding hydrogens is 520 g/mol. The Balaban J connectivity index is 2.31. The number of ether oxygens (including phenoxy) is 1. The number of aliphatic hydroxyl groups excluding tert-OH is 1. The van der Waals surface area contributed by atoms with Gasteiger partial charge in [0.15, 0.2) is 6.23 Å². The second kappa shape index (κ2) is 9.59. The zero-order valence-corrected chi connectivity index (χ0v) is 19.2. The molecule has 1 aliphatic rings. The number of nitrogen functional groups attached to an aromatic ring is 1. The lowest BCUT2D eigenvalue weighted by Crippen LogP contribution is -2.45. The molecule has 2 rings (SSSR count). The normalized spacial score (nSPS) is 30.0. The van der Waals surface area contributed by atoms with Crippen LogP contribution in [0.1, 0.15) is 20.1 Å². The molecule has 1 saturated heterocycles. The third-order valence-electron chi connectivity index (χ3n) is 3.88. The third-order valence-corrected chi connectivity index (χ3v) is 7.81. The van der Waals surface area contributed by atoms with Gasteiger partial charge in [-0.15, -0.1) is 5.92 Å². The van der Waals surface area contributed by atoms with E-state index in [0.29, 0.717) is 4.57 Å². The van der Waals surface area contributed by atoms with Crippen LogP contribution in [-0.4, -0.2) is 63.2 Å². The molecule has 1 aromatic rings. The predicted octanol–water partition coefficient (Wildman–Crippen LogP) is -1.06. The topological polar surface area (TPSA) is 263 Å². The van der Waals surface area contributed by atoms with E-state index < -0.39 is 65.3 Å². The number of nitrogens with zero attached hydrogens (tertiary/aromatic N) is 3. The Morgan fingerprint density at radius 1 is 1.27 bits per heavy atom. The van der Waals surface area contributed by atoms with Gasteiger partial charge in [0, 0.05) is 0 Å². The number of anilines is 1. The zero-order valence-electron chi connectivity index (χ0n) is 16.5. The van der Waals surface area contributed by atoms with E-state index in [2.05, 4.69) is 29.0 Å². The van der Waals surface area contributed by atoms with Crippen molar-refractivity contribution in [1.82, 2.24) is 14.5 Å². The first-order valence-electron chi connectivity index (χ1n) is 8.40. The van der Waals surface area contributed by atoms with Gasteiger partial charge in [0.1, 0.15) is 18.5 Å². The molecule has 1 aromatic heterocycles. The van der Waals surface area contributed by atoms with E-state index in [0.717, 1.165) is 13.3 Å². The molecule has 0 radical (unpaired) electrons. The van der Waals surface area contributed by atoms with Crippen LogP contribution in [0, 0.1) is 11.8 Å². The van der Waals surface area contributed by atoms with Crippen LogP contribution in [0.2, 0.25) is 0 Å². The quantitative estimate of drug-likeness (QED) is 0.170. The smallest absolute Gasteiger partial charge is 0.386 e. The molecule has 0 amide bonds. The van der Waals surface area contributed by atoms with E-state index in [1.807, 2.05) is 5.92 Å². The van der Waals surface area contributed by atoms with E-state index in [1.54, 1.807) is 0 Å². The van der Waals surface area contributed by atoms with Crippen LogP contribution in [0.15, 0.2) is 11.1 Å². The monoisotopic (exact) mass is 538 g/mol. The molecule has 1 aliphatic heterocycles. The molecule has 7 atom stereocenters. The van der Waals surface area contributed by atoms with Gasteiger partial charge in [0.05, 0.1) is 6.10 Å². The van der Waals surface area contributed by atoms with Gasteiger partial charge in [-0.05, 0) is 13.8 Å². The van der Waals surface area contributed by atoms with Gasteiger partial charge in [0.25, 0.3) is 0 Å². The van der Waals surface area contributed by atoms with E-state index in [1.165, 1.54) is 6.92 Å². The minimum atomic E-state index is -5.82. The fourth-order valence-electron chi connectivity index (χ4n) is 2.76. The standard InChI is InChI=1S/C12H18FN4O13P3/c1-3-4-12(13)8(18)7(27-9(12)17-5-15-10(14)16-11(17)19)6(2)28-32(23,24)30-33(25,26)29-31(20,21)22/h5-9,18H,1-2H3,(H,23,24)(H,25,26)(H2,14,16,19)(H2,20,21,22)/t6-,7-,8+,9-,12?/m1/s1. The van der Waals surface area contributed by atoms with Crippen LogP contribution in [0.25, 0.3) is 0 Å². The van der Waals surface area contributed by atoms with E-state index >= 15 is 4.39 Å². The average molecular weight is 538 g/mol. The molecule has 186 valence electrons. The van der Waals surface area contributed by atoms with Crippen LogP contribution >= 0.6 is 23.5 Å². The lowest BCUT2D eigenvalue weighted by molar-refractivity contribution is -0.0784. The Hall–Kier alpha value is -1.57. The molecule has 0 saturated carbocycles. The molecule has 0 spiro atoms. The van der Waals surface area contributed by atoms with Gasteiger partial charge in [-0.2, -0.15) is 13.6 Å². The van der Waals surface area contributed by atoms with Gasteiger partial charge < -0.3 is 35.2 Å². The number of hydrogen-bond donors (Lipinski definition) is 6. The van der Waals surface area contributed by atoms with Gasteiger partial charge in [-0.25, -0.2) is 27.9 Å². The van der Waals surface area contributed by atoms with Crippen molar-refractivity contribution < 1.29 is 60.6 Å². The number of halogens is 1. The Labute approximate surface area is 183 Å². The van der Waals surface area contributed by atoms with Gasteiger partial charge >= 0.3 is 29.2 Å². The number of aliphatic hydroxyl groups is 1. The van der Waals surface area contributed by atoms with Gasteiger partial charge in [0.2, 0.25) is 11.6 Å². The summed E-state index contributed by atoms with van der Waals surface area (Å²) < 4.78 is 67.2. The first-order chi connectivity index (χ1) is 14.9. The highest BCUT2D eigenvalue weighted by Gasteiger charge is 2.60. The highest BCUT2D eigenvalue weighted by molar-refractivity contribution is 7.66. The Bertz CT molecular complexity index is 1160. The van der Waals surface area contributed by atoms with E-state index in [-0.39, 0.29) is 0 Å². The molecule has 2 heterocycles. The molecular formula is C12H18FN4O13P3. The maximum atomic E-state index is 15.6. The summed E-state index contributed by atoms with van der Waals surface area (Å²) in [5.74, 6) is 3.77. The Kier molecular flexibility index (Phi) is 8.04. The molecule has 17 nitrogen and oxygen atoms in total. The van der Waals surface area contributed by atoms with Crippen molar-refractivity contribution in [2.75, 3.05) is 5.73 Å². The molecule has 21 heteroatoms. The fraction of sp³-hybridized carbons (Fsp3) is 0.583. The van der Waals surface area contributed by atoms with Crippen LogP contribution in [-0.2, 0) is 31.6 Å². The SMILES string of the molecule is CC#CC1(F)[C@@H](O)[C@@H]([C@@H](C)OP(=O)(O)OP(=O)(O)OP(=O)(O)O)O[C@H]1n1cnc(N)nc1=O. The number of rotatable bonds is 8. The van der Waals surface area contributed by atoms with Crippen molar-refractivity contribution in [2.24, 2.45) is 0 Å². The highest BCUT2D eigenvalue weighted by Crippen LogP contribution is 2.66.